The third-order valence-corrected chi connectivity index (χ3v) is 2.47. The van der Waals surface area contributed by atoms with E-state index in [9.17, 15) is 39.5 Å². The van der Waals surface area contributed by atoms with Gasteiger partial charge in [-0.25, -0.2) is 0 Å². The number of hydrogen-bond donors (Lipinski definition) is 1. The van der Waals surface area contributed by atoms with E-state index in [0.29, 0.717) is 0 Å². The predicted octanol–water partition coefficient (Wildman–Crippen LogP) is 2.35. The first kappa shape index (κ1) is 20.2. The van der Waals surface area contributed by atoms with Crippen LogP contribution in [0, 0.1) is 0 Å². The van der Waals surface area contributed by atoms with Crippen molar-refractivity contribution in [3.63, 3.8) is 0 Å². The van der Waals surface area contributed by atoms with Crippen LogP contribution in [0.4, 0.5) is 39.5 Å². The number of rotatable bonds is 6. The first-order valence-corrected chi connectivity index (χ1v) is 5.34. The third-order valence-electron chi connectivity index (χ3n) is 2.47. The lowest BCUT2D eigenvalue weighted by Gasteiger charge is -2.38. The SMILES string of the molecule is CN(CCO)CCOC(C(F)(F)F)(C(F)(F)F)C(F)(F)F. The monoisotopic (exact) mass is 337 g/mol. The van der Waals surface area contributed by atoms with Crippen molar-refractivity contribution >= 4 is 0 Å². The van der Waals surface area contributed by atoms with Crippen molar-refractivity contribution in [2.75, 3.05) is 33.4 Å². The number of halogens is 9. The smallest absolute Gasteiger partial charge is 0.395 e. The molecule has 0 aromatic rings. The van der Waals surface area contributed by atoms with Gasteiger partial charge in [0.2, 0.25) is 0 Å². The summed E-state index contributed by atoms with van der Waals surface area (Å²) in [6.45, 7) is -2.76. The zero-order chi connectivity index (χ0) is 17.1. The number of ether oxygens (including phenoxy) is 1. The van der Waals surface area contributed by atoms with Gasteiger partial charge in [0.25, 0.3) is 0 Å². The Morgan fingerprint density at radius 2 is 1.19 bits per heavy atom. The number of likely N-dealkylation sites (N-methyl/N-ethyl adjacent to an activating group) is 1. The average Bonchev–Trinajstić information content (AvgIpc) is 2.18. The zero-order valence-corrected chi connectivity index (χ0v) is 10.5. The van der Waals surface area contributed by atoms with Crippen molar-refractivity contribution in [3.05, 3.63) is 0 Å². The van der Waals surface area contributed by atoms with Crippen LogP contribution in [-0.4, -0.2) is 67.5 Å². The lowest BCUT2D eigenvalue weighted by atomic mass is 10.0. The standard InChI is InChI=1S/C9H12F9NO2/c1-19(2-4-20)3-5-21-6(7(10,11)12,8(13,14)15)9(16,17)18/h20H,2-5H2,1H3. The summed E-state index contributed by atoms with van der Waals surface area (Å²) in [4.78, 5) is 1.01. The molecular formula is C9H12F9NO2. The molecule has 12 heteroatoms. The molecule has 3 nitrogen and oxygen atoms in total. The van der Waals surface area contributed by atoms with E-state index >= 15 is 0 Å². The number of aliphatic hydroxyl groups excluding tert-OH is 1. The summed E-state index contributed by atoms with van der Waals surface area (Å²) < 4.78 is 115. The maximum absolute atomic E-state index is 12.4. The molecule has 1 N–H and O–H groups in total. The van der Waals surface area contributed by atoms with E-state index in [4.69, 9.17) is 5.11 Å². The van der Waals surface area contributed by atoms with Gasteiger partial charge in [-0.15, -0.1) is 0 Å². The van der Waals surface area contributed by atoms with E-state index in [-0.39, 0.29) is 6.54 Å². The molecule has 0 atom stereocenters. The van der Waals surface area contributed by atoms with Crippen molar-refractivity contribution in [1.29, 1.82) is 0 Å². The molecule has 0 saturated carbocycles. The van der Waals surface area contributed by atoms with E-state index < -0.39 is 43.9 Å². The van der Waals surface area contributed by atoms with E-state index in [0.717, 1.165) is 4.90 Å². The van der Waals surface area contributed by atoms with Gasteiger partial charge in [0.1, 0.15) is 0 Å². The molecule has 0 amide bonds. The maximum atomic E-state index is 12.4. The molecule has 0 fully saturated rings. The Hall–Kier alpha value is -0.750. The van der Waals surface area contributed by atoms with Crippen LogP contribution in [0.15, 0.2) is 0 Å². The van der Waals surface area contributed by atoms with E-state index in [2.05, 4.69) is 4.74 Å². The highest BCUT2D eigenvalue weighted by atomic mass is 19.4. The second-order valence-electron chi connectivity index (χ2n) is 4.05. The van der Waals surface area contributed by atoms with Crippen molar-refractivity contribution in [1.82, 2.24) is 4.90 Å². The molecule has 0 aromatic carbocycles. The van der Waals surface area contributed by atoms with Crippen molar-refractivity contribution < 1.29 is 49.4 Å². The van der Waals surface area contributed by atoms with Gasteiger partial charge < -0.3 is 14.7 Å². The van der Waals surface area contributed by atoms with Crippen LogP contribution in [-0.2, 0) is 4.74 Å². The van der Waals surface area contributed by atoms with Crippen LogP contribution in [0.2, 0.25) is 0 Å². The Morgan fingerprint density at radius 1 is 0.810 bits per heavy atom. The fourth-order valence-corrected chi connectivity index (χ4v) is 1.36. The first-order valence-electron chi connectivity index (χ1n) is 5.34. The molecule has 0 aromatic heterocycles. The second kappa shape index (κ2) is 6.57. The highest BCUT2D eigenvalue weighted by molar-refractivity contribution is 5.02. The quantitative estimate of drug-likeness (QED) is 0.756. The van der Waals surface area contributed by atoms with Gasteiger partial charge in [-0.3, -0.25) is 0 Å². The Morgan fingerprint density at radius 3 is 1.48 bits per heavy atom. The maximum Gasteiger partial charge on any atom is 0.435 e. The summed E-state index contributed by atoms with van der Waals surface area (Å²) in [5, 5.41) is 8.46. The molecular weight excluding hydrogens is 325 g/mol. The summed E-state index contributed by atoms with van der Waals surface area (Å²) in [5.41, 5.74) is -6.24. The van der Waals surface area contributed by atoms with Crippen LogP contribution in [0.3, 0.4) is 0 Å². The second-order valence-corrected chi connectivity index (χ2v) is 4.05. The summed E-state index contributed by atoms with van der Waals surface area (Å²) in [6.07, 6.45) is -20.2. The topological polar surface area (TPSA) is 32.7 Å². The van der Waals surface area contributed by atoms with Crippen LogP contribution in [0.5, 0.6) is 0 Å². The highest BCUT2D eigenvalue weighted by Gasteiger charge is 2.85. The summed E-state index contributed by atoms with van der Waals surface area (Å²) >= 11 is 0. The molecule has 0 aliphatic heterocycles. The Labute approximate surface area is 113 Å². The van der Waals surface area contributed by atoms with Crippen LogP contribution < -0.4 is 0 Å². The average molecular weight is 337 g/mol. The van der Waals surface area contributed by atoms with Gasteiger partial charge >= 0.3 is 24.1 Å². The largest absolute Gasteiger partial charge is 0.435 e. The fraction of sp³-hybridized carbons (Fsp3) is 1.00. The minimum Gasteiger partial charge on any atom is -0.395 e. The minimum absolute atomic E-state index is 0.152. The summed E-state index contributed by atoms with van der Waals surface area (Å²) in [7, 11) is 1.18. The van der Waals surface area contributed by atoms with Crippen LogP contribution in [0.1, 0.15) is 0 Å². The molecule has 0 spiro atoms. The summed E-state index contributed by atoms with van der Waals surface area (Å²) in [6, 6.07) is 0. The minimum atomic E-state index is -6.72. The lowest BCUT2D eigenvalue weighted by Crippen LogP contribution is -2.68. The molecule has 0 radical (unpaired) electrons. The molecule has 0 aliphatic rings. The Bertz CT molecular complexity index is 287. The van der Waals surface area contributed by atoms with Gasteiger partial charge in [0.05, 0.1) is 13.2 Å². The molecule has 0 rings (SSSR count). The van der Waals surface area contributed by atoms with Crippen molar-refractivity contribution in [2.45, 2.75) is 24.1 Å². The van der Waals surface area contributed by atoms with E-state index in [1.165, 1.54) is 7.05 Å². The molecule has 0 heterocycles. The van der Waals surface area contributed by atoms with E-state index in [1.54, 1.807) is 0 Å². The molecule has 0 bridgehead atoms. The predicted molar refractivity (Wildman–Crippen MR) is 51.4 cm³/mol. The highest BCUT2D eigenvalue weighted by Crippen LogP contribution is 2.54. The fourth-order valence-electron chi connectivity index (χ4n) is 1.36. The molecule has 0 unspecified atom stereocenters. The number of aliphatic hydroxyl groups is 1. The Kier molecular flexibility index (Phi) is 6.33. The van der Waals surface area contributed by atoms with Gasteiger partial charge in [-0.05, 0) is 7.05 Å². The van der Waals surface area contributed by atoms with Gasteiger partial charge in [-0.1, -0.05) is 0 Å². The summed E-state index contributed by atoms with van der Waals surface area (Å²) in [5.74, 6) is 0. The van der Waals surface area contributed by atoms with Gasteiger partial charge in [-0.2, -0.15) is 39.5 Å². The van der Waals surface area contributed by atoms with E-state index in [1.807, 2.05) is 0 Å². The van der Waals surface area contributed by atoms with Crippen LogP contribution in [0.25, 0.3) is 0 Å². The molecule has 21 heavy (non-hydrogen) atoms. The van der Waals surface area contributed by atoms with Crippen molar-refractivity contribution in [2.24, 2.45) is 0 Å². The van der Waals surface area contributed by atoms with Crippen molar-refractivity contribution in [3.8, 4) is 0 Å². The van der Waals surface area contributed by atoms with Gasteiger partial charge in [0, 0.05) is 13.1 Å². The molecule has 0 aliphatic carbocycles. The number of nitrogens with zero attached hydrogens (tertiary/aromatic N) is 1. The third kappa shape index (κ3) is 4.36. The lowest BCUT2D eigenvalue weighted by molar-refractivity contribution is -0.457. The normalized spacial score (nSPS) is 14.9. The number of alkyl halides is 9. The molecule has 0 saturated heterocycles. The number of hydrogen-bond acceptors (Lipinski definition) is 3. The van der Waals surface area contributed by atoms with Crippen LogP contribution >= 0.6 is 0 Å². The zero-order valence-electron chi connectivity index (χ0n) is 10.5. The Balaban J connectivity index is 5.34. The van der Waals surface area contributed by atoms with Gasteiger partial charge in [0.15, 0.2) is 0 Å². The first-order chi connectivity index (χ1) is 9.20. The molecule has 128 valence electrons.